The number of aryl methyl sites for hydroxylation is 1. The summed E-state index contributed by atoms with van der Waals surface area (Å²) in [6.07, 6.45) is 5.93. The number of carbonyl (C=O) groups excluding carboxylic acids is 1. The molecule has 1 amide bonds. The lowest BCUT2D eigenvalue weighted by Gasteiger charge is -2.18. The molecule has 0 bridgehead atoms. The average Bonchev–Trinajstić information content (AvgIpc) is 2.76. The first kappa shape index (κ1) is 28.0. The quantitative estimate of drug-likeness (QED) is 0.155. The molecule has 0 aliphatic carbocycles. The zero-order valence-electron chi connectivity index (χ0n) is 18.6. The van der Waals surface area contributed by atoms with E-state index in [9.17, 15) is 4.79 Å². The number of nitrogens with zero attached hydrogens (tertiary/aromatic N) is 1. The van der Waals surface area contributed by atoms with Crippen molar-refractivity contribution >= 4 is 63.6 Å². The Morgan fingerprint density at radius 2 is 1.84 bits per heavy atom. The Hall–Kier alpha value is -2.05. The summed E-state index contributed by atoms with van der Waals surface area (Å²) in [5.41, 5.74) is 2.64. The maximum absolute atomic E-state index is 11.6. The topological polar surface area (TPSA) is 29.5 Å². The molecule has 0 radical (unpaired) electrons. The van der Waals surface area contributed by atoms with E-state index in [0.717, 1.165) is 21.7 Å². The Morgan fingerprint density at radius 1 is 1.19 bits per heavy atom. The maximum atomic E-state index is 11.6. The minimum Gasteiger partial charge on any atom is -0.489 e. The van der Waals surface area contributed by atoms with Gasteiger partial charge in [0.15, 0.2) is 4.32 Å². The van der Waals surface area contributed by atoms with Crippen LogP contribution in [0.15, 0.2) is 77.9 Å². The van der Waals surface area contributed by atoms with Gasteiger partial charge in [-0.15, -0.1) is 0 Å². The highest BCUT2D eigenvalue weighted by atomic mass is 35.5. The molecule has 0 spiro atoms. The molecule has 0 aliphatic rings. The summed E-state index contributed by atoms with van der Waals surface area (Å²) in [6.45, 7) is 11.9. The number of carbonyl (C=O) groups is 1. The van der Waals surface area contributed by atoms with Gasteiger partial charge in [-0.3, -0.25) is 9.69 Å². The molecule has 0 N–H and O–H groups in total. The fourth-order valence-electron chi connectivity index (χ4n) is 2.39. The van der Waals surface area contributed by atoms with Gasteiger partial charge in [0.1, 0.15) is 12.4 Å². The monoisotopic (exact) mass is 507 g/mol. The summed E-state index contributed by atoms with van der Waals surface area (Å²) >= 11 is 18.9. The van der Waals surface area contributed by atoms with E-state index >= 15 is 0 Å². The number of allylic oxidation sites excluding steroid dienone is 4. The molecular formula is C25H27Cl2NO2S2. The number of amides is 1. The van der Waals surface area contributed by atoms with E-state index in [-0.39, 0.29) is 6.61 Å². The van der Waals surface area contributed by atoms with Gasteiger partial charge in [0, 0.05) is 21.3 Å². The van der Waals surface area contributed by atoms with Crippen molar-refractivity contribution in [2.75, 3.05) is 4.90 Å². The zero-order chi connectivity index (χ0) is 24.1. The lowest BCUT2D eigenvalue weighted by molar-refractivity contribution is -0.106. The Morgan fingerprint density at radius 3 is 2.41 bits per heavy atom. The summed E-state index contributed by atoms with van der Waals surface area (Å²) < 4.78 is 6.29. The van der Waals surface area contributed by atoms with Gasteiger partial charge in [-0.25, -0.2) is 0 Å². The van der Waals surface area contributed by atoms with Crippen LogP contribution in [0.3, 0.4) is 0 Å². The van der Waals surface area contributed by atoms with E-state index in [4.69, 9.17) is 40.2 Å². The Bertz CT molecular complexity index is 986. The van der Waals surface area contributed by atoms with Crippen LogP contribution in [0.25, 0.3) is 0 Å². The normalized spacial score (nSPS) is 11.2. The molecule has 2 rings (SSSR count). The highest BCUT2D eigenvalue weighted by Crippen LogP contribution is 2.26. The molecule has 170 valence electrons. The van der Waals surface area contributed by atoms with E-state index in [1.54, 1.807) is 24.3 Å². The summed E-state index contributed by atoms with van der Waals surface area (Å²) in [5, 5.41) is 1.11. The summed E-state index contributed by atoms with van der Waals surface area (Å²) in [6, 6.07) is 12.8. The second-order valence-corrected chi connectivity index (χ2v) is 8.99. The molecule has 0 unspecified atom stereocenters. The van der Waals surface area contributed by atoms with Crippen LogP contribution in [0.4, 0.5) is 5.69 Å². The van der Waals surface area contributed by atoms with Crippen LogP contribution in [0.5, 0.6) is 0 Å². The second-order valence-electron chi connectivity index (χ2n) is 6.26. The molecule has 0 saturated carbocycles. The van der Waals surface area contributed by atoms with Gasteiger partial charge in [0.2, 0.25) is 6.41 Å². The maximum Gasteiger partial charge on any atom is 0.219 e. The van der Waals surface area contributed by atoms with E-state index in [1.165, 1.54) is 16.7 Å². The fourth-order valence-corrected chi connectivity index (χ4v) is 4.09. The second kappa shape index (κ2) is 14.9. The van der Waals surface area contributed by atoms with Crippen molar-refractivity contribution in [2.24, 2.45) is 0 Å². The van der Waals surface area contributed by atoms with Crippen LogP contribution in [-0.4, -0.2) is 10.7 Å². The number of ether oxygens (including phenoxy) is 1. The highest BCUT2D eigenvalue weighted by Gasteiger charge is 2.13. The number of anilines is 1. The third-order valence-electron chi connectivity index (χ3n) is 3.90. The average molecular weight is 509 g/mol. The summed E-state index contributed by atoms with van der Waals surface area (Å²) in [5.74, 6) is 0.594. The van der Waals surface area contributed by atoms with E-state index in [2.05, 4.69) is 6.58 Å². The minimum atomic E-state index is 0.276. The van der Waals surface area contributed by atoms with Crippen molar-refractivity contribution in [3.63, 3.8) is 0 Å². The Labute approximate surface area is 210 Å². The number of hydrogen-bond donors (Lipinski definition) is 0. The van der Waals surface area contributed by atoms with Crippen LogP contribution < -0.4 is 4.90 Å². The molecule has 0 fully saturated rings. The Balaban J connectivity index is 0.00000249. The van der Waals surface area contributed by atoms with Gasteiger partial charge < -0.3 is 4.74 Å². The first-order chi connectivity index (χ1) is 15.3. The number of thiocarbonyl (C=S) groups is 1. The molecule has 2 aromatic carbocycles. The summed E-state index contributed by atoms with van der Waals surface area (Å²) in [4.78, 5) is 13.9. The first-order valence-corrected chi connectivity index (χ1v) is 11.9. The van der Waals surface area contributed by atoms with Crippen molar-refractivity contribution in [3.05, 3.63) is 99.1 Å². The SMILES string of the molecule is C=C/C=C(/C=C(\C)SC(=S)N(C=O)c1ccc(C)cc1)OCc1ccc(Cl)cc1Cl.CC. The van der Waals surface area contributed by atoms with E-state index in [0.29, 0.717) is 26.5 Å². The first-order valence-electron chi connectivity index (χ1n) is 9.94. The largest absolute Gasteiger partial charge is 0.489 e. The zero-order valence-corrected chi connectivity index (χ0v) is 21.7. The molecule has 0 heterocycles. The lowest BCUT2D eigenvalue weighted by Crippen LogP contribution is -2.25. The number of halogens is 2. The van der Waals surface area contributed by atoms with Crippen molar-refractivity contribution in [3.8, 4) is 0 Å². The molecular weight excluding hydrogens is 481 g/mol. The lowest BCUT2D eigenvalue weighted by atomic mass is 10.2. The standard InChI is InChI=1S/C23H21Cl2NO2S2.C2H6/c1-4-5-21(28-14-18-8-9-19(24)13-22(18)25)12-17(3)30-23(29)26(15-27)20-10-6-16(2)7-11-20;1-2/h4-13,15H,1,14H2,2-3H3;1-2H3/b17-12+,21-5-;. The third-order valence-corrected chi connectivity index (χ3v) is 5.74. The third kappa shape index (κ3) is 9.21. The van der Waals surface area contributed by atoms with Gasteiger partial charge in [-0.1, -0.05) is 97.4 Å². The van der Waals surface area contributed by atoms with Gasteiger partial charge in [0.25, 0.3) is 0 Å². The number of hydrogen-bond acceptors (Lipinski definition) is 4. The molecule has 2 aromatic rings. The summed E-state index contributed by atoms with van der Waals surface area (Å²) in [7, 11) is 0. The molecule has 32 heavy (non-hydrogen) atoms. The van der Waals surface area contributed by atoms with Crippen LogP contribution in [0.2, 0.25) is 10.0 Å². The number of thioether (sulfide) groups is 1. The van der Waals surface area contributed by atoms with Crippen molar-refractivity contribution < 1.29 is 9.53 Å². The predicted octanol–water partition coefficient (Wildman–Crippen LogP) is 8.50. The van der Waals surface area contributed by atoms with Crippen molar-refractivity contribution in [1.29, 1.82) is 0 Å². The number of rotatable bonds is 8. The van der Waals surface area contributed by atoms with Gasteiger partial charge in [0.05, 0.1) is 0 Å². The Kier molecular flexibility index (Phi) is 13.0. The van der Waals surface area contributed by atoms with Crippen LogP contribution in [-0.2, 0) is 16.1 Å². The molecule has 0 aromatic heterocycles. The van der Waals surface area contributed by atoms with Crippen LogP contribution >= 0.6 is 47.2 Å². The minimum absolute atomic E-state index is 0.276. The van der Waals surface area contributed by atoms with Crippen molar-refractivity contribution in [2.45, 2.75) is 34.3 Å². The van der Waals surface area contributed by atoms with Gasteiger partial charge in [-0.2, -0.15) is 0 Å². The van der Waals surface area contributed by atoms with Crippen LogP contribution in [0.1, 0.15) is 31.9 Å². The molecule has 7 heteroatoms. The van der Waals surface area contributed by atoms with Crippen molar-refractivity contribution in [1.82, 2.24) is 0 Å². The van der Waals surface area contributed by atoms with Gasteiger partial charge in [-0.05, 0) is 55.2 Å². The number of benzene rings is 2. The molecule has 0 saturated heterocycles. The van der Waals surface area contributed by atoms with Gasteiger partial charge >= 0.3 is 0 Å². The van der Waals surface area contributed by atoms with E-state index < -0.39 is 0 Å². The highest BCUT2D eigenvalue weighted by molar-refractivity contribution is 8.25. The molecule has 0 atom stereocenters. The molecule has 0 aliphatic heterocycles. The predicted molar refractivity (Wildman–Crippen MR) is 145 cm³/mol. The van der Waals surface area contributed by atoms with E-state index in [1.807, 2.05) is 64.1 Å². The molecule has 3 nitrogen and oxygen atoms in total. The van der Waals surface area contributed by atoms with Crippen LogP contribution in [0, 0.1) is 6.92 Å². The smallest absolute Gasteiger partial charge is 0.219 e. The fraction of sp³-hybridized carbons (Fsp3) is 0.200.